The predicted molar refractivity (Wildman–Crippen MR) is 111 cm³/mol. The molecule has 0 aromatic carbocycles. The highest BCUT2D eigenvalue weighted by Crippen LogP contribution is 2.37. The lowest BCUT2D eigenvalue weighted by molar-refractivity contribution is -0.176. The second-order valence-electron chi connectivity index (χ2n) is 8.34. The van der Waals surface area contributed by atoms with Gasteiger partial charge < -0.3 is 20.1 Å². The lowest BCUT2D eigenvalue weighted by Crippen LogP contribution is -2.35. The highest BCUT2D eigenvalue weighted by atomic mass is 19.4. The molecule has 3 N–H and O–H groups in total. The number of nitrogens with one attached hydrogen (secondary N) is 3. The van der Waals surface area contributed by atoms with Gasteiger partial charge in [-0.3, -0.25) is 14.6 Å². The van der Waals surface area contributed by atoms with Gasteiger partial charge in [0.15, 0.2) is 5.82 Å². The molecular weight excluding hydrogens is 464 g/mol. The minimum absolute atomic E-state index is 0.0875. The fourth-order valence-corrected chi connectivity index (χ4v) is 3.60. The number of halogens is 4. The van der Waals surface area contributed by atoms with E-state index >= 15 is 0 Å². The van der Waals surface area contributed by atoms with Gasteiger partial charge in [0.1, 0.15) is 24.6 Å². The van der Waals surface area contributed by atoms with Crippen molar-refractivity contribution in [2.75, 3.05) is 11.9 Å². The quantitative estimate of drug-likeness (QED) is 0.489. The van der Waals surface area contributed by atoms with Crippen molar-refractivity contribution in [3.05, 3.63) is 29.2 Å². The number of carbonyl (C=O) groups is 2. The Bertz CT molecular complexity index is 1010. The van der Waals surface area contributed by atoms with Crippen molar-refractivity contribution >= 4 is 17.8 Å². The van der Waals surface area contributed by atoms with Gasteiger partial charge in [-0.25, -0.2) is 9.18 Å². The Morgan fingerprint density at radius 2 is 2.03 bits per heavy atom. The van der Waals surface area contributed by atoms with Crippen LogP contribution in [0.4, 0.5) is 28.2 Å². The third-order valence-electron chi connectivity index (χ3n) is 5.05. The van der Waals surface area contributed by atoms with E-state index in [9.17, 15) is 27.2 Å². The molecule has 10 nitrogen and oxygen atoms in total. The number of aromatic amines is 1. The monoisotopic (exact) mass is 490 g/mol. The minimum Gasteiger partial charge on any atom is -0.443 e. The third kappa shape index (κ3) is 6.92. The van der Waals surface area contributed by atoms with Gasteiger partial charge in [0.05, 0.1) is 12.3 Å². The number of rotatable bonds is 8. The van der Waals surface area contributed by atoms with Crippen LogP contribution in [-0.2, 0) is 23.1 Å². The zero-order chi connectivity index (χ0) is 25.0. The van der Waals surface area contributed by atoms with Crippen molar-refractivity contribution in [3.8, 4) is 0 Å². The summed E-state index contributed by atoms with van der Waals surface area (Å²) >= 11 is 0. The summed E-state index contributed by atoms with van der Waals surface area (Å²) in [5.41, 5.74) is 0.816. The number of nitrogens with zero attached hydrogens (tertiary/aromatic N) is 3. The van der Waals surface area contributed by atoms with Crippen LogP contribution in [0.25, 0.3) is 0 Å². The highest BCUT2D eigenvalue weighted by Gasteiger charge is 2.39. The Morgan fingerprint density at radius 3 is 2.71 bits per heavy atom. The fraction of sp³-hybridized carbons (Fsp3) is 0.600. The fourth-order valence-electron chi connectivity index (χ4n) is 3.60. The lowest BCUT2D eigenvalue weighted by Gasteiger charge is -2.16. The van der Waals surface area contributed by atoms with Crippen molar-refractivity contribution in [2.24, 2.45) is 7.05 Å². The van der Waals surface area contributed by atoms with Crippen LogP contribution in [0.5, 0.6) is 0 Å². The van der Waals surface area contributed by atoms with Crippen LogP contribution in [0, 0.1) is 0 Å². The Kier molecular flexibility index (Phi) is 7.79. The molecule has 2 amide bonds. The maximum Gasteiger partial charge on any atom is 0.411 e. The predicted octanol–water partition coefficient (Wildman–Crippen LogP) is 3.19. The summed E-state index contributed by atoms with van der Waals surface area (Å²) in [6.07, 6.45) is -6.99. The standard InChI is InChI=1S/C20H26F4N6O4/c1-10(2)25-19(32)34-16-5-11(4-13(16)21)14-7-17(28-27-14)26-18(31)15-6-12(29-30(15)3)8-33-9-20(22,23)24/h6-7,10-11,13,16H,4-5,8-9H2,1-3H3,(H,25,32)(H2,26,27,28,31)/t11-,13+,16-/m0/s1. The molecule has 3 atom stereocenters. The van der Waals surface area contributed by atoms with Crippen LogP contribution < -0.4 is 10.6 Å². The number of anilines is 1. The molecule has 0 radical (unpaired) electrons. The van der Waals surface area contributed by atoms with Crippen LogP contribution in [0.15, 0.2) is 12.1 Å². The molecule has 0 unspecified atom stereocenters. The summed E-state index contributed by atoms with van der Waals surface area (Å²) in [7, 11) is 1.47. The van der Waals surface area contributed by atoms with Gasteiger partial charge in [-0.15, -0.1) is 0 Å². The van der Waals surface area contributed by atoms with Crippen molar-refractivity contribution < 1.29 is 36.6 Å². The average molecular weight is 490 g/mol. The van der Waals surface area contributed by atoms with Crippen LogP contribution in [0.1, 0.15) is 54.5 Å². The summed E-state index contributed by atoms with van der Waals surface area (Å²) in [6.45, 7) is 1.70. The zero-order valence-electron chi connectivity index (χ0n) is 18.8. The molecular formula is C20H26F4N6O4. The second kappa shape index (κ2) is 10.4. The van der Waals surface area contributed by atoms with Crippen LogP contribution in [-0.4, -0.2) is 63.1 Å². The Morgan fingerprint density at radius 1 is 1.29 bits per heavy atom. The number of alkyl carbamates (subject to hydrolysis) is 1. The molecule has 3 rings (SSSR count). The topological polar surface area (TPSA) is 123 Å². The molecule has 1 saturated carbocycles. The van der Waals surface area contributed by atoms with E-state index in [0.717, 1.165) is 0 Å². The summed E-state index contributed by atoms with van der Waals surface area (Å²) in [5.74, 6) is -0.705. The minimum atomic E-state index is -4.46. The highest BCUT2D eigenvalue weighted by molar-refractivity contribution is 6.02. The number of hydrogen-bond donors (Lipinski definition) is 3. The summed E-state index contributed by atoms with van der Waals surface area (Å²) in [5, 5.41) is 15.8. The summed E-state index contributed by atoms with van der Waals surface area (Å²) in [6, 6.07) is 2.73. The molecule has 2 aromatic rings. The summed E-state index contributed by atoms with van der Waals surface area (Å²) < 4.78 is 61.9. The molecule has 0 spiro atoms. The molecule has 2 heterocycles. The number of aromatic nitrogens is 4. The van der Waals surface area contributed by atoms with E-state index < -0.39 is 43.7 Å². The summed E-state index contributed by atoms with van der Waals surface area (Å²) in [4.78, 5) is 24.3. The second-order valence-corrected chi connectivity index (χ2v) is 8.34. The number of hydrogen-bond acceptors (Lipinski definition) is 6. The van der Waals surface area contributed by atoms with E-state index in [2.05, 4.69) is 30.7 Å². The van der Waals surface area contributed by atoms with Gasteiger partial charge in [-0.05, 0) is 32.8 Å². The number of alkyl halides is 4. The van der Waals surface area contributed by atoms with Gasteiger partial charge in [0.2, 0.25) is 0 Å². The van der Waals surface area contributed by atoms with E-state index in [1.165, 1.54) is 17.8 Å². The SMILES string of the molecule is CC(C)NC(=O)O[C@H]1C[C@@H](c2cc(NC(=O)c3cc(COCC(F)(F)F)nn3C)n[nH]2)C[C@H]1F. The Balaban J connectivity index is 1.56. The van der Waals surface area contributed by atoms with Crippen molar-refractivity contribution in [2.45, 2.75) is 63.7 Å². The van der Waals surface area contributed by atoms with Crippen molar-refractivity contribution in [1.29, 1.82) is 0 Å². The normalized spacial score (nSPS) is 20.5. The molecule has 1 aliphatic rings. The molecule has 1 aliphatic carbocycles. The first-order chi connectivity index (χ1) is 15.9. The van der Waals surface area contributed by atoms with E-state index in [1.54, 1.807) is 19.9 Å². The first-order valence-electron chi connectivity index (χ1n) is 10.6. The Hall–Kier alpha value is -3.16. The van der Waals surface area contributed by atoms with E-state index in [1.807, 2.05) is 0 Å². The van der Waals surface area contributed by atoms with E-state index in [0.29, 0.717) is 5.69 Å². The molecule has 0 saturated heterocycles. The number of H-pyrrole nitrogens is 1. The molecule has 2 aromatic heterocycles. The van der Waals surface area contributed by atoms with E-state index in [4.69, 9.17) is 4.74 Å². The third-order valence-corrected chi connectivity index (χ3v) is 5.05. The molecule has 0 bridgehead atoms. The maximum absolute atomic E-state index is 14.4. The molecule has 34 heavy (non-hydrogen) atoms. The van der Waals surface area contributed by atoms with Gasteiger partial charge >= 0.3 is 12.3 Å². The van der Waals surface area contributed by atoms with E-state index in [-0.39, 0.29) is 42.0 Å². The Labute approximate surface area is 192 Å². The van der Waals surface area contributed by atoms with Crippen LogP contribution in [0.2, 0.25) is 0 Å². The van der Waals surface area contributed by atoms with Crippen molar-refractivity contribution in [3.63, 3.8) is 0 Å². The van der Waals surface area contributed by atoms with Crippen LogP contribution in [0.3, 0.4) is 0 Å². The molecule has 0 aliphatic heterocycles. The van der Waals surface area contributed by atoms with Gasteiger partial charge in [-0.1, -0.05) is 0 Å². The maximum atomic E-state index is 14.4. The van der Waals surface area contributed by atoms with Gasteiger partial charge in [0, 0.05) is 30.8 Å². The number of amides is 2. The van der Waals surface area contributed by atoms with Gasteiger partial charge in [-0.2, -0.15) is 23.4 Å². The van der Waals surface area contributed by atoms with Crippen LogP contribution >= 0.6 is 0 Å². The van der Waals surface area contributed by atoms with Crippen molar-refractivity contribution in [1.82, 2.24) is 25.3 Å². The number of ether oxygens (including phenoxy) is 2. The smallest absolute Gasteiger partial charge is 0.411 e. The number of carbonyl (C=O) groups excluding carboxylic acids is 2. The lowest BCUT2D eigenvalue weighted by atomic mass is 10.0. The molecule has 14 heteroatoms. The average Bonchev–Trinajstić information content (AvgIpc) is 3.40. The zero-order valence-corrected chi connectivity index (χ0v) is 18.8. The number of aryl methyl sites for hydroxylation is 1. The molecule has 1 fully saturated rings. The first-order valence-corrected chi connectivity index (χ1v) is 10.6. The van der Waals surface area contributed by atoms with Gasteiger partial charge in [0.25, 0.3) is 5.91 Å². The first kappa shape index (κ1) is 25.5. The largest absolute Gasteiger partial charge is 0.443 e. The molecule has 188 valence electrons.